The molecule has 2 heterocycles. The van der Waals surface area contributed by atoms with Gasteiger partial charge in [0.15, 0.2) is 0 Å². The summed E-state index contributed by atoms with van der Waals surface area (Å²) in [5.74, 6) is -0.737. The van der Waals surface area contributed by atoms with Gasteiger partial charge in [-0.05, 0) is 48.0 Å². The van der Waals surface area contributed by atoms with Gasteiger partial charge in [0.2, 0.25) is 5.91 Å². The van der Waals surface area contributed by atoms with Crippen molar-refractivity contribution < 1.29 is 22.8 Å². The Labute approximate surface area is 214 Å². The van der Waals surface area contributed by atoms with Crippen molar-refractivity contribution in [2.75, 3.05) is 49.9 Å². The standard InChI is InChI=1S/C27H30F3N5O2/c1-2-34-9-11-35(12-10-34)18-20-13-21(27(28,29)30)15-22(14-20)33-26(37)23-5-3-4-6-24(23)31-16-19-7-8-25(36)32-17-19/h3-7,13-15,17,31H,2,8-12,16,18H2,1H3,(H,33,37). The Hall–Kier alpha value is -3.50. The molecule has 0 aromatic heterocycles. The average molecular weight is 514 g/mol. The zero-order valence-corrected chi connectivity index (χ0v) is 20.6. The van der Waals surface area contributed by atoms with Crippen molar-refractivity contribution in [1.82, 2.24) is 9.80 Å². The molecule has 2 aliphatic heterocycles. The monoisotopic (exact) mass is 513 g/mol. The number of carbonyl (C=O) groups is 2. The predicted octanol–water partition coefficient (Wildman–Crippen LogP) is 4.43. The molecule has 10 heteroatoms. The molecule has 2 aromatic rings. The zero-order chi connectivity index (χ0) is 26.4. The highest BCUT2D eigenvalue weighted by Gasteiger charge is 2.31. The fourth-order valence-electron chi connectivity index (χ4n) is 4.37. The van der Waals surface area contributed by atoms with Crippen LogP contribution in [0.2, 0.25) is 0 Å². The van der Waals surface area contributed by atoms with E-state index < -0.39 is 17.6 Å². The van der Waals surface area contributed by atoms with Crippen LogP contribution in [-0.2, 0) is 17.5 Å². The van der Waals surface area contributed by atoms with E-state index in [9.17, 15) is 22.8 Å². The van der Waals surface area contributed by atoms with Gasteiger partial charge in [0.1, 0.15) is 0 Å². The Kier molecular flexibility index (Phi) is 8.40. The van der Waals surface area contributed by atoms with E-state index in [4.69, 9.17) is 0 Å². The number of hydrogen-bond donors (Lipinski definition) is 2. The number of rotatable bonds is 8. The molecule has 37 heavy (non-hydrogen) atoms. The fourth-order valence-corrected chi connectivity index (χ4v) is 4.37. The van der Waals surface area contributed by atoms with E-state index in [0.717, 1.165) is 50.4 Å². The third kappa shape index (κ3) is 7.27. The number of amides is 2. The Bertz CT molecular complexity index is 1200. The van der Waals surface area contributed by atoms with Gasteiger partial charge in [-0.1, -0.05) is 25.1 Å². The lowest BCUT2D eigenvalue weighted by Gasteiger charge is -2.34. The SMILES string of the molecule is CCN1CCN(Cc2cc(NC(=O)c3ccccc3NCC3=CCC(=O)N=C3)cc(C(F)(F)F)c2)CC1. The summed E-state index contributed by atoms with van der Waals surface area (Å²) >= 11 is 0. The van der Waals surface area contributed by atoms with Gasteiger partial charge < -0.3 is 15.5 Å². The molecule has 7 nitrogen and oxygen atoms in total. The summed E-state index contributed by atoms with van der Waals surface area (Å²) in [4.78, 5) is 32.6. The number of likely N-dealkylation sites (N-methyl/N-ethyl adjacent to an activating group) is 1. The molecular weight excluding hydrogens is 483 g/mol. The second kappa shape index (κ2) is 11.7. The van der Waals surface area contributed by atoms with Crippen LogP contribution in [0.1, 0.15) is 34.8 Å². The minimum atomic E-state index is -4.54. The predicted molar refractivity (Wildman–Crippen MR) is 138 cm³/mol. The first kappa shape index (κ1) is 26.6. The molecule has 0 atom stereocenters. The van der Waals surface area contributed by atoms with Crippen molar-refractivity contribution in [3.05, 3.63) is 70.8 Å². The molecular formula is C27H30F3N5O2. The lowest BCUT2D eigenvalue weighted by Crippen LogP contribution is -2.45. The maximum Gasteiger partial charge on any atom is 0.416 e. The normalized spacial score (nSPS) is 17.0. The Balaban J connectivity index is 1.49. The van der Waals surface area contributed by atoms with Crippen molar-refractivity contribution in [1.29, 1.82) is 0 Å². The van der Waals surface area contributed by atoms with E-state index in [1.165, 1.54) is 6.21 Å². The Morgan fingerprint density at radius 1 is 1.05 bits per heavy atom. The van der Waals surface area contributed by atoms with Gasteiger partial charge in [0.05, 0.1) is 11.1 Å². The van der Waals surface area contributed by atoms with Crippen LogP contribution < -0.4 is 10.6 Å². The van der Waals surface area contributed by atoms with Gasteiger partial charge in [0, 0.05) is 63.3 Å². The van der Waals surface area contributed by atoms with Crippen LogP contribution in [0.4, 0.5) is 24.5 Å². The maximum atomic E-state index is 13.7. The molecule has 4 rings (SSSR count). The van der Waals surface area contributed by atoms with Gasteiger partial charge in [-0.3, -0.25) is 14.5 Å². The van der Waals surface area contributed by atoms with Crippen LogP contribution in [0.3, 0.4) is 0 Å². The van der Waals surface area contributed by atoms with E-state index >= 15 is 0 Å². The first-order valence-corrected chi connectivity index (χ1v) is 12.3. The summed E-state index contributed by atoms with van der Waals surface area (Å²) in [6, 6.07) is 10.5. The second-order valence-electron chi connectivity index (χ2n) is 9.12. The number of alkyl halides is 3. The van der Waals surface area contributed by atoms with Crippen molar-refractivity contribution in [3.8, 4) is 0 Å². The molecule has 1 saturated heterocycles. The van der Waals surface area contributed by atoms with Gasteiger partial charge in [-0.15, -0.1) is 0 Å². The van der Waals surface area contributed by atoms with Gasteiger partial charge in [-0.25, -0.2) is 4.99 Å². The van der Waals surface area contributed by atoms with E-state index in [2.05, 4.69) is 32.3 Å². The molecule has 0 saturated carbocycles. The summed E-state index contributed by atoms with van der Waals surface area (Å²) in [6.45, 7) is 7.08. The summed E-state index contributed by atoms with van der Waals surface area (Å²) in [6.07, 6.45) is -1.07. The van der Waals surface area contributed by atoms with Crippen molar-refractivity contribution >= 4 is 29.4 Å². The molecule has 2 aliphatic rings. The number of halogens is 3. The lowest BCUT2D eigenvalue weighted by molar-refractivity contribution is -0.137. The second-order valence-corrected chi connectivity index (χ2v) is 9.12. The number of piperazine rings is 1. The number of dihydropyridines is 1. The Morgan fingerprint density at radius 2 is 1.78 bits per heavy atom. The number of anilines is 2. The first-order chi connectivity index (χ1) is 17.7. The van der Waals surface area contributed by atoms with Crippen LogP contribution in [0.15, 0.2) is 59.1 Å². The largest absolute Gasteiger partial charge is 0.416 e. The highest BCUT2D eigenvalue weighted by atomic mass is 19.4. The number of aliphatic imine (C=N–C) groups is 1. The molecule has 0 bridgehead atoms. The average Bonchev–Trinajstić information content (AvgIpc) is 2.88. The van der Waals surface area contributed by atoms with Crippen LogP contribution >= 0.6 is 0 Å². The molecule has 0 spiro atoms. The highest BCUT2D eigenvalue weighted by molar-refractivity contribution is 6.08. The van der Waals surface area contributed by atoms with Gasteiger partial charge >= 0.3 is 6.18 Å². The van der Waals surface area contributed by atoms with Crippen molar-refractivity contribution in [2.24, 2.45) is 4.99 Å². The summed E-state index contributed by atoms with van der Waals surface area (Å²) in [7, 11) is 0. The molecule has 2 N–H and O–H groups in total. The van der Waals surface area contributed by atoms with E-state index in [0.29, 0.717) is 29.9 Å². The molecule has 2 aromatic carbocycles. The van der Waals surface area contributed by atoms with Gasteiger partial charge in [0.25, 0.3) is 5.91 Å². The lowest BCUT2D eigenvalue weighted by atomic mass is 10.1. The number of hydrogen-bond acceptors (Lipinski definition) is 5. The number of carbonyl (C=O) groups excluding carboxylic acids is 2. The van der Waals surface area contributed by atoms with Crippen molar-refractivity contribution in [3.63, 3.8) is 0 Å². The van der Waals surface area contributed by atoms with Gasteiger partial charge in [-0.2, -0.15) is 13.2 Å². The Morgan fingerprint density at radius 3 is 2.46 bits per heavy atom. The van der Waals surface area contributed by atoms with Crippen molar-refractivity contribution in [2.45, 2.75) is 26.1 Å². The number of benzene rings is 2. The van der Waals surface area contributed by atoms with Crippen LogP contribution in [0.5, 0.6) is 0 Å². The first-order valence-electron chi connectivity index (χ1n) is 12.3. The zero-order valence-electron chi connectivity index (χ0n) is 20.6. The third-order valence-electron chi connectivity index (χ3n) is 6.46. The van der Waals surface area contributed by atoms with Crippen LogP contribution in [0, 0.1) is 0 Å². The van der Waals surface area contributed by atoms with E-state index in [1.807, 2.05) is 0 Å². The van der Waals surface area contributed by atoms with E-state index in [-0.39, 0.29) is 18.0 Å². The van der Waals surface area contributed by atoms with Crippen LogP contribution in [-0.4, -0.2) is 67.1 Å². The van der Waals surface area contributed by atoms with Crippen LogP contribution in [0.25, 0.3) is 0 Å². The molecule has 0 unspecified atom stereocenters. The highest BCUT2D eigenvalue weighted by Crippen LogP contribution is 2.33. The minimum absolute atomic E-state index is 0.0949. The topological polar surface area (TPSA) is 77.0 Å². The smallest absolute Gasteiger partial charge is 0.380 e. The fraction of sp³-hybridized carbons (Fsp3) is 0.370. The molecule has 0 radical (unpaired) electrons. The van der Waals surface area contributed by atoms with E-state index in [1.54, 1.807) is 36.4 Å². The summed E-state index contributed by atoms with van der Waals surface area (Å²) < 4.78 is 41.0. The third-order valence-corrected chi connectivity index (χ3v) is 6.46. The number of nitrogens with zero attached hydrogens (tertiary/aromatic N) is 3. The summed E-state index contributed by atoms with van der Waals surface area (Å²) in [5, 5.41) is 5.81. The quantitative estimate of drug-likeness (QED) is 0.546. The minimum Gasteiger partial charge on any atom is -0.380 e. The summed E-state index contributed by atoms with van der Waals surface area (Å²) in [5.41, 5.74) is 1.42. The number of nitrogens with one attached hydrogen (secondary N) is 2. The molecule has 2 amide bonds. The number of para-hydroxylation sites is 1. The maximum absolute atomic E-state index is 13.7. The molecule has 0 aliphatic carbocycles. The molecule has 1 fully saturated rings. The molecule has 196 valence electrons.